The summed E-state index contributed by atoms with van der Waals surface area (Å²) >= 11 is 0. The average Bonchev–Trinajstić information content (AvgIpc) is 2.54. The molecule has 0 spiro atoms. The Bertz CT molecular complexity index is 290. The van der Waals surface area contributed by atoms with Gasteiger partial charge in [-0.3, -0.25) is 0 Å². The molecule has 2 aliphatic carbocycles. The summed E-state index contributed by atoms with van der Waals surface area (Å²) in [4.78, 5) is 0. The SMILES string of the molecule is CC(C)=C[C@@]1(O)[C@@H]2CC[C@H](C)[C@@H]2CC[C@@H]1C. The number of fused-ring (bicyclic) bond motifs is 1. The third kappa shape index (κ3) is 1.84. The fourth-order valence-electron chi connectivity index (χ4n) is 4.08. The summed E-state index contributed by atoms with van der Waals surface area (Å²) in [5.41, 5.74) is 0.738. The highest BCUT2D eigenvalue weighted by Crippen LogP contribution is 2.53. The smallest absolute Gasteiger partial charge is 0.0886 e. The van der Waals surface area contributed by atoms with Gasteiger partial charge in [-0.25, -0.2) is 0 Å². The first-order chi connectivity index (χ1) is 7.45. The van der Waals surface area contributed by atoms with Crippen molar-refractivity contribution in [1.29, 1.82) is 0 Å². The molecule has 0 amide bonds. The van der Waals surface area contributed by atoms with Crippen LogP contribution >= 0.6 is 0 Å². The number of hydrogen-bond donors (Lipinski definition) is 1. The lowest BCUT2D eigenvalue weighted by Gasteiger charge is -2.46. The maximum absolute atomic E-state index is 11.0. The standard InChI is InChI=1S/C15H26O/c1-10(2)9-15(16)12(4)6-7-13-11(3)5-8-14(13)15/h9,11-14,16H,5-8H2,1-4H3/t11-,12-,13-,14+,15-/m0/s1. The Morgan fingerprint density at radius 2 is 1.81 bits per heavy atom. The first-order valence-corrected chi connectivity index (χ1v) is 6.83. The van der Waals surface area contributed by atoms with Gasteiger partial charge < -0.3 is 5.11 Å². The van der Waals surface area contributed by atoms with Gasteiger partial charge in [0.2, 0.25) is 0 Å². The topological polar surface area (TPSA) is 20.2 Å². The molecular formula is C15H26O. The zero-order valence-electron chi connectivity index (χ0n) is 11.2. The van der Waals surface area contributed by atoms with Gasteiger partial charge in [0, 0.05) is 0 Å². The van der Waals surface area contributed by atoms with Gasteiger partial charge in [0.25, 0.3) is 0 Å². The molecular weight excluding hydrogens is 196 g/mol. The highest BCUT2D eigenvalue weighted by molar-refractivity contribution is 5.15. The molecule has 0 unspecified atom stereocenters. The van der Waals surface area contributed by atoms with Crippen molar-refractivity contribution in [2.75, 3.05) is 0 Å². The first kappa shape index (κ1) is 12.2. The van der Waals surface area contributed by atoms with E-state index in [1.807, 2.05) is 0 Å². The van der Waals surface area contributed by atoms with E-state index in [0.29, 0.717) is 11.8 Å². The van der Waals surface area contributed by atoms with Crippen molar-refractivity contribution in [3.63, 3.8) is 0 Å². The summed E-state index contributed by atoms with van der Waals surface area (Å²) in [6, 6.07) is 0. The predicted molar refractivity (Wildman–Crippen MR) is 68.2 cm³/mol. The Morgan fingerprint density at radius 3 is 2.44 bits per heavy atom. The highest BCUT2D eigenvalue weighted by Gasteiger charge is 2.50. The Morgan fingerprint density at radius 1 is 1.12 bits per heavy atom. The lowest BCUT2D eigenvalue weighted by atomic mass is 9.63. The van der Waals surface area contributed by atoms with Gasteiger partial charge in [-0.05, 0) is 56.8 Å². The van der Waals surface area contributed by atoms with E-state index in [9.17, 15) is 5.11 Å². The van der Waals surface area contributed by atoms with Crippen molar-refractivity contribution in [2.24, 2.45) is 23.7 Å². The Balaban J connectivity index is 2.30. The van der Waals surface area contributed by atoms with Gasteiger partial charge in [0.1, 0.15) is 0 Å². The summed E-state index contributed by atoms with van der Waals surface area (Å²) in [7, 11) is 0. The van der Waals surface area contributed by atoms with E-state index in [0.717, 1.165) is 11.8 Å². The quantitative estimate of drug-likeness (QED) is 0.669. The van der Waals surface area contributed by atoms with Crippen LogP contribution in [-0.2, 0) is 0 Å². The molecule has 0 radical (unpaired) electrons. The largest absolute Gasteiger partial charge is 0.385 e. The van der Waals surface area contributed by atoms with Crippen LogP contribution in [0.1, 0.15) is 53.4 Å². The average molecular weight is 222 g/mol. The van der Waals surface area contributed by atoms with E-state index in [1.54, 1.807) is 0 Å². The van der Waals surface area contributed by atoms with Crippen molar-refractivity contribution < 1.29 is 5.11 Å². The Hall–Kier alpha value is -0.300. The van der Waals surface area contributed by atoms with Crippen LogP contribution in [0.2, 0.25) is 0 Å². The second-order valence-electron chi connectivity index (χ2n) is 6.41. The fourth-order valence-corrected chi connectivity index (χ4v) is 4.08. The molecule has 2 aliphatic rings. The normalized spacial score (nSPS) is 47.6. The van der Waals surface area contributed by atoms with Crippen LogP contribution in [0, 0.1) is 23.7 Å². The van der Waals surface area contributed by atoms with Gasteiger partial charge in [-0.15, -0.1) is 0 Å². The summed E-state index contributed by atoms with van der Waals surface area (Å²) < 4.78 is 0. The van der Waals surface area contributed by atoms with Crippen molar-refractivity contribution in [3.8, 4) is 0 Å². The second kappa shape index (κ2) is 4.18. The number of rotatable bonds is 1. The van der Waals surface area contributed by atoms with Gasteiger partial charge in [0.05, 0.1) is 5.60 Å². The maximum atomic E-state index is 11.0. The van der Waals surface area contributed by atoms with E-state index in [4.69, 9.17) is 0 Å². The van der Waals surface area contributed by atoms with Gasteiger partial charge in [-0.1, -0.05) is 31.9 Å². The van der Waals surface area contributed by atoms with E-state index >= 15 is 0 Å². The number of aliphatic hydroxyl groups is 1. The van der Waals surface area contributed by atoms with E-state index in [2.05, 4.69) is 33.8 Å². The summed E-state index contributed by atoms with van der Waals surface area (Å²) in [6.07, 6.45) is 7.18. The molecule has 16 heavy (non-hydrogen) atoms. The monoisotopic (exact) mass is 222 g/mol. The molecule has 0 heterocycles. The molecule has 0 bridgehead atoms. The zero-order chi connectivity index (χ0) is 11.9. The molecule has 0 aromatic carbocycles. The van der Waals surface area contributed by atoms with Gasteiger partial charge in [-0.2, -0.15) is 0 Å². The molecule has 2 rings (SSSR count). The van der Waals surface area contributed by atoms with Crippen LogP contribution in [0.5, 0.6) is 0 Å². The van der Waals surface area contributed by atoms with Crippen molar-refractivity contribution >= 4 is 0 Å². The van der Waals surface area contributed by atoms with Crippen molar-refractivity contribution in [1.82, 2.24) is 0 Å². The summed E-state index contributed by atoms with van der Waals surface area (Å²) in [5.74, 6) is 2.52. The molecule has 92 valence electrons. The molecule has 1 heteroatoms. The summed E-state index contributed by atoms with van der Waals surface area (Å²) in [6.45, 7) is 8.79. The molecule has 1 nitrogen and oxygen atoms in total. The third-order valence-electron chi connectivity index (χ3n) is 5.02. The molecule has 0 aromatic rings. The molecule has 1 N–H and O–H groups in total. The first-order valence-electron chi connectivity index (χ1n) is 6.83. The Kier molecular flexibility index (Phi) is 3.18. The molecule has 2 saturated carbocycles. The molecule has 2 fully saturated rings. The lowest BCUT2D eigenvalue weighted by Crippen LogP contribution is -2.48. The minimum Gasteiger partial charge on any atom is -0.385 e. The summed E-state index contributed by atoms with van der Waals surface area (Å²) in [5, 5.41) is 11.0. The second-order valence-corrected chi connectivity index (χ2v) is 6.41. The molecule has 0 aromatic heterocycles. The minimum atomic E-state index is -0.521. The molecule has 0 saturated heterocycles. The van der Waals surface area contributed by atoms with Gasteiger partial charge >= 0.3 is 0 Å². The Labute approximate surface area is 99.9 Å². The van der Waals surface area contributed by atoms with Crippen LogP contribution in [0.15, 0.2) is 11.6 Å². The van der Waals surface area contributed by atoms with Gasteiger partial charge in [0.15, 0.2) is 0 Å². The van der Waals surface area contributed by atoms with E-state index in [1.165, 1.54) is 31.3 Å². The maximum Gasteiger partial charge on any atom is 0.0886 e. The van der Waals surface area contributed by atoms with Crippen molar-refractivity contribution in [3.05, 3.63) is 11.6 Å². The zero-order valence-corrected chi connectivity index (χ0v) is 11.2. The van der Waals surface area contributed by atoms with Crippen LogP contribution in [-0.4, -0.2) is 10.7 Å². The van der Waals surface area contributed by atoms with Crippen molar-refractivity contribution in [2.45, 2.75) is 59.0 Å². The van der Waals surface area contributed by atoms with Crippen LogP contribution in [0.4, 0.5) is 0 Å². The van der Waals surface area contributed by atoms with Crippen LogP contribution in [0.25, 0.3) is 0 Å². The van der Waals surface area contributed by atoms with Crippen LogP contribution in [0.3, 0.4) is 0 Å². The molecule has 5 atom stereocenters. The minimum absolute atomic E-state index is 0.425. The molecule has 0 aliphatic heterocycles. The van der Waals surface area contributed by atoms with Crippen LogP contribution < -0.4 is 0 Å². The predicted octanol–water partition coefficient (Wildman–Crippen LogP) is 3.78. The van der Waals surface area contributed by atoms with E-state index < -0.39 is 5.60 Å². The number of hydrogen-bond acceptors (Lipinski definition) is 1. The number of allylic oxidation sites excluding steroid dienone is 1. The van der Waals surface area contributed by atoms with E-state index in [-0.39, 0.29) is 0 Å². The third-order valence-corrected chi connectivity index (χ3v) is 5.02. The lowest BCUT2D eigenvalue weighted by molar-refractivity contribution is -0.0688. The highest BCUT2D eigenvalue weighted by atomic mass is 16.3. The fraction of sp³-hybridized carbons (Fsp3) is 0.867.